The second-order valence-corrected chi connectivity index (χ2v) is 2.69. The molecule has 0 aliphatic carbocycles. The monoisotopic (exact) mass is 171 g/mol. The number of hydrogen-bond acceptors (Lipinski definition) is 1. The Bertz CT molecular complexity index is 102. The van der Waals surface area contributed by atoms with Gasteiger partial charge >= 0.3 is 0 Å². The molecule has 0 atom stereocenters. The zero-order valence-corrected chi connectivity index (χ0v) is 8.05. The molecule has 12 heavy (non-hydrogen) atoms. The summed E-state index contributed by atoms with van der Waals surface area (Å²) < 4.78 is 0. The average Bonchev–Trinajstić information content (AvgIpc) is 2.01. The molecule has 0 unspecified atom stereocenters. The van der Waals surface area contributed by atoms with Gasteiger partial charge in [0.1, 0.15) is 0 Å². The van der Waals surface area contributed by atoms with Crippen LogP contribution in [0.15, 0.2) is 25.3 Å². The second kappa shape index (κ2) is 10.4. The van der Waals surface area contributed by atoms with Gasteiger partial charge in [0.25, 0.3) is 0 Å². The molecule has 0 aromatic heterocycles. The van der Waals surface area contributed by atoms with Crippen LogP contribution in [0, 0.1) is 0 Å². The summed E-state index contributed by atoms with van der Waals surface area (Å²) in [4.78, 5) is 2.34. The number of rotatable bonds is 7. The lowest BCUT2D eigenvalue weighted by molar-refractivity contribution is 0.329. The van der Waals surface area contributed by atoms with Gasteiger partial charge in [-0.3, -0.25) is 4.90 Å². The predicted molar refractivity (Wildman–Crippen MR) is 55.4 cm³/mol. The van der Waals surface area contributed by atoms with Crippen molar-refractivity contribution in [2.75, 3.05) is 19.6 Å². The highest BCUT2D eigenvalue weighted by Crippen LogP contribution is 1.94. The summed E-state index contributed by atoms with van der Waals surface area (Å²) >= 11 is 0. The minimum absolute atomic E-state index is 0. The molecular formula is C10H21NO. The van der Waals surface area contributed by atoms with Crippen molar-refractivity contribution >= 4 is 0 Å². The Morgan fingerprint density at radius 2 is 1.67 bits per heavy atom. The molecule has 0 aliphatic heterocycles. The SMILES string of the molecule is C=CCN(CC=C)CCCC.O. The first-order valence-electron chi connectivity index (χ1n) is 4.29. The van der Waals surface area contributed by atoms with Crippen LogP contribution in [0.25, 0.3) is 0 Å². The zero-order valence-electron chi connectivity index (χ0n) is 8.05. The van der Waals surface area contributed by atoms with Gasteiger partial charge in [-0.05, 0) is 13.0 Å². The average molecular weight is 171 g/mol. The summed E-state index contributed by atoms with van der Waals surface area (Å²) in [5.74, 6) is 0. The molecule has 0 aromatic rings. The fourth-order valence-electron chi connectivity index (χ4n) is 1.00. The molecule has 0 radical (unpaired) electrons. The van der Waals surface area contributed by atoms with E-state index in [-0.39, 0.29) is 5.48 Å². The van der Waals surface area contributed by atoms with E-state index in [0.717, 1.165) is 19.6 Å². The van der Waals surface area contributed by atoms with Crippen molar-refractivity contribution in [1.29, 1.82) is 0 Å². The Kier molecular flexibility index (Phi) is 12.1. The molecular weight excluding hydrogens is 150 g/mol. The van der Waals surface area contributed by atoms with Crippen molar-refractivity contribution in [3.05, 3.63) is 25.3 Å². The van der Waals surface area contributed by atoms with E-state index in [2.05, 4.69) is 25.0 Å². The molecule has 0 fully saturated rings. The molecule has 2 nitrogen and oxygen atoms in total. The molecule has 0 bridgehead atoms. The molecule has 0 spiro atoms. The minimum Gasteiger partial charge on any atom is -0.412 e. The van der Waals surface area contributed by atoms with Gasteiger partial charge in [0.05, 0.1) is 0 Å². The van der Waals surface area contributed by atoms with Crippen molar-refractivity contribution in [2.24, 2.45) is 0 Å². The van der Waals surface area contributed by atoms with Gasteiger partial charge in [-0.1, -0.05) is 25.5 Å². The van der Waals surface area contributed by atoms with E-state index < -0.39 is 0 Å². The third kappa shape index (κ3) is 7.51. The van der Waals surface area contributed by atoms with Crippen molar-refractivity contribution in [2.45, 2.75) is 19.8 Å². The Morgan fingerprint density at radius 1 is 1.17 bits per heavy atom. The minimum atomic E-state index is 0. The van der Waals surface area contributed by atoms with Crippen molar-refractivity contribution in [1.82, 2.24) is 4.90 Å². The normalized spacial score (nSPS) is 9.17. The van der Waals surface area contributed by atoms with Crippen LogP contribution in [0.4, 0.5) is 0 Å². The number of hydrogen-bond donors (Lipinski definition) is 0. The van der Waals surface area contributed by atoms with Crippen molar-refractivity contribution in [3.63, 3.8) is 0 Å². The van der Waals surface area contributed by atoms with Crippen molar-refractivity contribution < 1.29 is 5.48 Å². The molecule has 2 N–H and O–H groups in total. The maximum absolute atomic E-state index is 3.71. The zero-order chi connectivity index (χ0) is 8.53. The van der Waals surface area contributed by atoms with Crippen LogP contribution in [-0.4, -0.2) is 30.0 Å². The molecule has 0 aliphatic rings. The van der Waals surface area contributed by atoms with Crippen LogP contribution < -0.4 is 0 Å². The van der Waals surface area contributed by atoms with Gasteiger partial charge < -0.3 is 5.48 Å². The molecule has 0 heterocycles. The molecule has 2 heteroatoms. The maximum atomic E-state index is 3.71. The van der Waals surface area contributed by atoms with Gasteiger partial charge in [0.2, 0.25) is 0 Å². The summed E-state index contributed by atoms with van der Waals surface area (Å²) in [6.45, 7) is 12.8. The maximum Gasteiger partial charge on any atom is 0.0163 e. The van der Waals surface area contributed by atoms with E-state index >= 15 is 0 Å². The van der Waals surface area contributed by atoms with Gasteiger partial charge in [-0.15, -0.1) is 13.2 Å². The lowest BCUT2D eigenvalue weighted by Gasteiger charge is -2.17. The van der Waals surface area contributed by atoms with Crippen LogP contribution in [0.1, 0.15) is 19.8 Å². The summed E-state index contributed by atoms with van der Waals surface area (Å²) in [5, 5.41) is 0. The van der Waals surface area contributed by atoms with Crippen LogP contribution >= 0.6 is 0 Å². The lowest BCUT2D eigenvalue weighted by Crippen LogP contribution is -2.24. The van der Waals surface area contributed by atoms with Gasteiger partial charge in [-0.25, -0.2) is 0 Å². The van der Waals surface area contributed by atoms with Gasteiger partial charge in [0.15, 0.2) is 0 Å². The Hall–Kier alpha value is -0.600. The first kappa shape index (κ1) is 14.0. The molecule has 0 rings (SSSR count). The highest BCUT2D eigenvalue weighted by Gasteiger charge is 1.97. The van der Waals surface area contributed by atoms with E-state index in [4.69, 9.17) is 0 Å². The fraction of sp³-hybridized carbons (Fsp3) is 0.600. The molecule has 72 valence electrons. The molecule has 0 saturated heterocycles. The van der Waals surface area contributed by atoms with Gasteiger partial charge in [0, 0.05) is 13.1 Å². The second-order valence-electron chi connectivity index (χ2n) is 2.69. The summed E-state index contributed by atoms with van der Waals surface area (Å²) in [5.41, 5.74) is 0. The standard InChI is InChI=1S/C10H19N.H2O/c1-4-7-10-11(8-5-2)9-6-3;/h5-6H,2-4,7-10H2,1H3;1H2. The first-order chi connectivity index (χ1) is 5.35. The summed E-state index contributed by atoms with van der Waals surface area (Å²) in [7, 11) is 0. The van der Waals surface area contributed by atoms with Crippen LogP contribution in [-0.2, 0) is 0 Å². The fourth-order valence-corrected chi connectivity index (χ4v) is 1.00. The number of nitrogens with zero attached hydrogens (tertiary/aromatic N) is 1. The summed E-state index contributed by atoms with van der Waals surface area (Å²) in [6.07, 6.45) is 6.41. The summed E-state index contributed by atoms with van der Waals surface area (Å²) in [6, 6.07) is 0. The Labute approximate surface area is 75.9 Å². The Morgan fingerprint density at radius 3 is 2.00 bits per heavy atom. The topological polar surface area (TPSA) is 34.7 Å². The highest BCUT2D eigenvalue weighted by molar-refractivity contribution is 4.79. The first-order valence-corrected chi connectivity index (χ1v) is 4.29. The van der Waals surface area contributed by atoms with Crippen molar-refractivity contribution in [3.8, 4) is 0 Å². The quantitative estimate of drug-likeness (QED) is 0.536. The van der Waals surface area contributed by atoms with E-state index in [1.165, 1.54) is 12.8 Å². The molecule has 0 saturated carbocycles. The van der Waals surface area contributed by atoms with Crippen LogP contribution in [0.5, 0.6) is 0 Å². The third-order valence-electron chi connectivity index (χ3n) is 1.60. The van der Waals surface area contributed by atoms with Gasteiger partial charge in [-0.2, -0.15) is 0 Å². The van der Waals surface area contributed by atoms with E-state index in [1.807, 2.05) is 12.2 Å². The van der Waals surface area contributed by atoms with E-state index in [0.29, 0.717) is 0 Å². The van der Waals surface area contributed by atoms with Crippen LogP contribution in [0.3, 0.4) is 0 Å². The smallest absolute Gasteiger partial charge is 0.0163 e. The Balaban J connectivity index is 0. The van der Waals surface area contributed by atoms with E-state index in [9.17, 15) is 0 Å². The predicted octanol–water partition coefficient (Wildman–Crippen LogP) is 1.64. The lowest BCUT2D eigenvalue weighted by atomic mass is 10.3. The van der Waals surface area contributed by atoms with Crippen LogP contribution in [0.2, 0.25) is 0 Å². The highest BCUT2D eigenvalue weighted by atomic mass is 16.0. The number of unbranched alkanes of at least 4 members (excludes halogenated alkanes) is 1. The molecule has 0 amide bonds. The third-order valence-corrected chi connectivity index (χ3v) is 1.60. The largest absolute Gasteiger partial charge is 0.412 e. The van der Waals surface area contributed by atoms with E-state index in [1.54, 1.807) is 0 Å². The molecule has 0 aromatic carbocycles.